The van der Waals surface area contributed by atoms with Crippen molar-refractivity contribution in [2.24, 2.45) is 0 Å². The molecule has 0 aromatic heterocycles. The summed E-state index contributed by atoms with van der Waals surface area (Å²) >= 11 is 1.63. The number of β-lactam (4-membered cyclic amide) rings is 1. The first-order valence-corrected chi connectivity index (χ1v) is 24.3. The first-order valence-electron chi connectivity index (χ1n) is 18.8. The van der Waals surface area contributed by atoms with Crippen LogP contribution in [0.5, 0.6) is 5.75 Å². The molecule has 6 rings (SSSR count). The van der Waals surface area contributed by atoms with Gasteiger partial charge in [0.15, 0.2) is 8.32 Å². The molecule has 1 aliphatic heterocycles. The van der Waals surface area contributed by atoms with E-state index < -0.39 is 15.9 Å². The van der Waals surface area contributed by atoms with Crippen molar-refractivity contribution in [3.05, 3.63) is 150 Å². The number of anilines is 1. The third kappa shape index (κ3) is 9.23. The fourth-order valence-corrected chi connectivity index (χ4v) is 10.3. The Balaban J connectivity index is 1.33. The van der Waals surface area contributed by atoms with Gasteiger partial charge in [-0.3, -0.25) is 9.36 Å². The van der Waals surface area contributed by atoms with Crippen molar-refractivity contribution in [2.45, 2.75) is 69.3 Å². The number of nitrogens with zero attached hydrogens (tertiary/aromatic N) is 1. The van der Waals surface area contributed by atoms with Crippen molar-refractivity contribution in [1.82, 2.24) is 0 Å². The molecular formula is C45H51FNO6PSSi. The number of ether oxygens (including phenoxy) is 1. The summed E-state index contributed by atoms with van der Waals surface area (Å²) < 4.78 is 51.0. The van der Waals surface area contributed by atoms with E-state index in [1.54, 1.807) is 23.9 Å². The standard InChI is InChI=1S/C45H51FNO6PSSi/c1-45(2,3)56(6,7)53-40(34-18-23-36(46)24-19-34)28-29-55-43-42(47(44(43)48)37-16-12-9-13-17-37)39-27-22-35(30-41(39)52-31-32-14-10-8-11-15-32)33-20-25-38(26-21-33)54(49,50-4)51-5/h8-27,30,40,42-43H,28-29,31H2,1-7H3/t40-,42+,43+/m0/s1. The Hall–Kier alpha value is -4.02. The number of amides is 1. The molecule has 1 heterocycles. The topological polar surface area (TPSA) is 74.3 Å². The summed E-state index contributed by atoms with van der Waals surface area (Å²) in [4.78, 5) is 16.1. The van der Waals surface area contributed by atoms with Crippen molar-refractivity contribution in [2.75, 3.05) is 24.9 Å². The van der Waals surface area contributed by atoms with E-state index in [9.17, 15) is 13.8 Å². The Kier molecular flexibility index (Phi) is 13.1. The third-order valence-electron chi connectivity index (χ3n) is 10.8. The summed E-state index contributed by atoms with van der Waals surface area (Å²) in [5, 5.41) is 0.0775. The monoisotopic (exact) mass is 811 g/mol. The van der Waals surface area contributed by atoms with Crippen LogP contribution in [0.2, 0.25) is 18.1 Å². The minimum absolute atomic E-state index is 0.0101. The molecule has 0 unspecified atom stereocenters. The molecule has 3 atom stereocenters. The number of hydrogen-bond donors (Lipinski definition) is 0. The first-order chi connectivity index (χ1) is 26.7. The number of hydrogen-bond acceptors (Lipinski definition) is 7. The van der Waals surface area contributed by atoms with Gasteiger partial charge in [-0.2, -0.15) is 0 Å². The molecule has 7 nitrogen and oxygen atoms in total. The number of benzene rings is 5. The molecule has 0 radical (unpaired) electrons. The van der Waals surface area contributed by atoms with Crippen molar-refractivity contribution in [3.63, 3.8) is 0 Å². The zero-order valence-electron chi connectivity index (χ0n) is 33.1. The molecule has 0 aliphatic carbocycles. The lowest BCUT2D eigenvalue weighted by atomic mass is 9.90. The second-order valence-corrected chi connectivity index (χ2v) is 23.7. The van der Waals surface area contributed by atoms with Gasteiger partial charge in [-0.1, -0.05) is 106 Å². The lowest BCUT2D eigenvalue weighted by Crippen LogP contribution is -2.57. The molecule has 1 saturated heterocycles. The van der Waals surface area contributed by atoms with Crippen LogP contribution < -0.4 is 14.9 Å². The van der Waals surface area contributed by atoms with Crippen LogP contribution in [-0.2, 0) is 29.4 Å². The van der Waals surface area contributed by atoms with Crippen molar-refractivity contribution < 1.29 is 32.0 Å². The van der Waals surface area contributed by atoms with Gasteiger partial charge in [-0.25, -0.2) is 4.39 Å². The molecule has 1 aliphatic rings. The number of thioether (sulfide) groups is 1. The summed E-state index contributed by atoms with van der Waals surface area (Å²) in [6.07, 6.45) is 0.427. The predicted molar refractivity (Wildman–Crippen MR) is 229 cm³/mol. The van der Waals surface area contributed by atoms with Gasteiger partial charge in [0.05, 0.1) is 17.5 Å². The Morgan fingerprint density at radius 2 is 1.43 bits per heavy atom. The van der Waals surface area contributed by atoms with Crippen LogP contribution >= 0.6 is 19.4 Å². The highest BCUT2D eigenvalue weighted by Crippen LogP contribution is 2.50. The second kappa shape index (κ2) is 17.6. The lowest BCUT2D eigenvalue weighted by Gasteiger charge is -2.47. The van der Waals surface area contributed by atoms with Gasteiger partial charge in [0.1, 0.15) is 23.4 Å². The molecule has 5 aromatic rings. The molecule has 11 heteroatoms. The molecular weight excluding hydrogens is 761 g/mol. The van der Waals surface area contributed by atoms with Crippen LogP contribution in [0.25, 0.3) is 11.1 Å². The summed E-state index contributed by atoms with van der Waals surface area (Å²) in [6, 6.07) is 39.4. The van der Waals surface area contributed by atoms with Crippen LogP contribution in [-0.4, -0.2) is 39.4 Å². The highest BCUT2D eigenvalue weighted by Gasteiger charge is 2.50. The van der Waals surface area contributed by atoms with Crippen molar-refractivity contribution in [1.29, 1.82) is 0 Å². The Bertz CT molecular complexity index is 2120. The summed E-state index contributed by atoms with van der Waals surface area (Å²) in [5.41, 5.74) is 5.47. The van der Waals surface area contributed by atoms with Crippen LogP contribution in [0.1, 0.15) is 56.0 Å². The van der Waals surface area contributed by atoms with Gasteiger partial charge in [0.2, 0.25) is 5.91 Å². The van der Waals surface area contributed by atoms with Gasteiger partial charge in [0, 0.05) is 25.5 Å². The van der Waals surface area contributed by atoms with E-state index in [1.807, 2.05) is 102 Å². The van der Waals surface area contributed by atoms with E-state index in [0.717, 1.165) is 33.5 Å². The molecule has 5 aromatic carbocycles. The molecule has 0 saturated carbocycles. The van der Waals surface area contributed by atoms with E-state index in [-0.39, 0.29) is 34.2 Å². The van der Waals surface area contributed by atoms with E-state index in [4.69, 9.17) is 18.2 Å². The fraction of sp³-hybridized carbons (Fsp3) is 0.311. The highest BCUT2D eigenvalue weighted by molar-refractivity contribution is 8.00. The number of para-hydroxylation sites is 1. The SMILES string of the molecule is COP(=O)(OC)c1ccc(-c2ccc([C@@H]3[C@@H](SCC[C@H](O[Si](C)(C)C(C)(C)C)c4ccc(F)cc4)C(=O)N3c3ccccc3)c(OCc3ccccc3)c2)cc1. The van der Waals surface area contributed by atoms with Crippen molar-refractivity contribution >= 4 is 44.6 Å². The Morgan fingerprint density at radius 1 is 0.821 bits per heavy atom. The maximum Gasteiger partial charge on any atom is 0.360 e. The zero-order chi connectivity index (χ0) is 40.1. The second-order valence-electron chi connectivity index (χ2n) is 15.4. The average Bonchev–Trinajstić information content (AvgIpc) is 3.20. The number of rotatable bonds is 16. The molecule has 0 bridgehead atoms. The van der Waals surface area contributed by atoms with Crippen LogP contribution in [0.15, 0.2) is 127 Å². The summed E-state index contributed by atoms with van der Waals surface area (Å²) in [6.45, 7) is 11.4. The van der Waals surface area contributed by atoms with E-state index in [1.165, 1.54) is 26.4 Å². The number of carbonyl (C=O) groups is 1. The van der Waals surface area contributed by atoms with Crippen LogP contribution in [0, 0.1) is 5.82 Å². The molecule has 0 N–H and O–H groups in total. The minimum Gasteiger partial charge on any atom is -0.489 e. The molecule has 56 heavy (non-hydrogen) atoms. The van der Waals surface area contributed by atoms with Gasteiger partial charge in [0.25, 0.3) is 0 Å². The minimum atomic E-state index is -3.40. The van der Waals surface area contributed by atoms with E-state index in [0.29, 0.717) is 29.8 Å². The first kappa shape index (κ1) is 41.6. The summed E-state index contributed by atoms with van der Waals surface area (Å²) in [7, 11) is -2.85. The third-order valence-corrected chi connectivity index (χ3v) is 18.5. The normalized spacial score (nSPS) is 16.7. The maximum absolute atomic E-state index is 14.2. The lowest BCUT2D eigenvalue weighted by molar-refractivity contribution is -0.123. The summed E-state index contributed by atoms with van der Waals surface area (Å²) in [5.74, 6) is 1.08. The quantitative estimate of drug-likeness (QED) is 0.0558. The zero-order valence-corrected chi connectivity index (χ0v) is 35.8. The van der Waals surface area contributed by atoms with Gasteiger partial charge < -0.3 is 23.1 Å². The Labute approximate surface area is 336 Å². The van der Waals surface area contributed by atoms with Crippen molar-refractivity contribution in [3.8, 4) is 16.9 Å². The largest absolute Gasteiger partial charge is 0.489 e. The predicted octanol–water partition coefficient (Wildman–Crippen LogP) is 11.5. The molecule has 294 valence electrons. The molecule has 0 spiro atoms. The van der Waals surface area contributed by atoms with Gasteiger partial charge in [-0.15, -0.1) is 11.8 Å². The molecule has 1 amide bonds. The fourth-order valence-electron chi connectivity index (χ4n) is 6.55. The smallest absolute Gasteiger partial charge is 0.360 e. The average molecular weight is 812 g/mol. The molecule has 1 fully saturated rings. The van der Waals surface area contributed by atoms with E-state index >= 15 is 0 Å². The number of carbonyl (C=O) groups excluding carboxylic acids is 1. The van der Waals surface area contributed by atoms with Gasteiger partial charge >= 0.3 is 7.60 Å². The number of halogens is 1. The highest BCUT2D eigenvalue weighted by atomic mass is 32.2. The Morgan fingerprint density at radius 3 is 2.04 bits per heavy atom. The van der Waals surface area contributed by atoms with Crippen LogP contribution in [0.4, 0.5) is 10.1 Å². The van der Waals surface area contributed by atoms with Gasteiger partial charge in [-0.05, 0) is 95.0 Å². The van der Waals surface area contributed by atoms with Crippen LogP contribution in [0.3, 0.4) is 0 Å². The maximum atomic E-state index is 14.2. The van der Waals surface area contributed by atoms with E-state index in [2.05, 4.69) is 39.9 Å².